The molecule has 6 heteroatoms. The third-order valence-electron chi connectivity index (χ3n) is 3.65. The van der Waals surface area contributed by atoms with Crippen LogP contribution in [0.3, 0.4) is 0 Å². The fraction of sp³-hybridized carbons (Fsp3) is 0.211. The largest absolute Gasteiger partial charge is 0.322 e. The molecule has 1 heterocycles. The number of H-pyrrole nitrogens is 1. The van der Waals surface area contributed by atoms with Crippen molar-refractivity contribution in [2.75, 3.05) is 11.1 Å². The Hall–Kier alpha value is -2.60. The van der Waals surface area contributed by atoms with Crippen molar-refractivity contribution in [3.63, 3.8) is 0 Å². The highest BCUT2D eigenvalue weighted by molar-refractivity contribution is 7.99. The van der Waals surface area contributed by atoms with Crippen LogP contribution in [-0.2, 0) is 0 Å². The predicted molar refractivity (Wildman–Crippen MR) is 103 cm³/mol. The van der Waals surface area contributed by atoms with E-state index in [0.717, 1.165) is 22.8 Å². The van der Waals surface area contributed by atoms with E-state index in [-0.39, 0.29) is 11.5 Å². The van der Waals surface area contributed by atoms with Crippen molar-refractivity contribution in [2.24, 2.45) is 0 Å². The maximum atomic E-state index is 12.5. The van der Waals surface area contributed by atoms with Crippen LogP contribution in [0.4, 0.5) is 5.69 Å². The molecule has 0 atom stereocenters. The first-order chi connectivity index (χ1) is 12.1. The minimum atomic E-state index is -0.250. The highest BCUT2D eigenvalue weighted by atomic mass is 32.2. The van der Waals surface area contributed by atoms with Crippen LogP contribution in [0.5, 0.6) is 0 Å². The molecule has 0 aliphatic carbocycles. The number of amides is 1. The highest BCUT2D eigenvalue weighted by Gasteiger charge is 2.10. The summed E-state index contributed by atoms with van der Waals surface area (Å²) >= 11 is 1.76. The highest BCUT2D eigenvalue weighted by Crippen LogP contribution is 2.22. The third kappa shape index (κ3) is 4.09. The molecule has 0 spiro atoms. The molecule has 1 aromatic heterocycles. The first-order valence-corrected chi connectivity index (χ1v) is 9.10. The van der Waals surface area contributed by atoms with Gasteiger partial charge in [0, 0.05) is 16.1 Å². The Labute approximate surface area is 149 Å². The number of rotatable bonds is 5. The number of aromatic amines is 1. The van der Waals surface area contributed by atoms with E-state index in [9.17, 15) is 9.59 Å². The smallest absolute Gasteiger partial charge is 0.258 e. The van der Waals surface area contributed by atoms with Gasteiger partial charge in [0.05, 0.1) is 10.9 Å². The van der Waals surface area contributed by atoms with Crippen LogP contribution in [0, 0.1) is 6.92 Å². The fourth-order valence-corrected chi connectivity index (χ4v) is 3.31. The quantitative estimate of drug-likeness (QED) is 0.680. The molecule has 0 saturated carbocycles. The summed E-state index contributed by atoms with van der Waals surface area (Å²) in [6.07, 6.45) is 1.10. The van der Waals surface area contributed by atoms with Crippen LogP contribution in [-0.4, -0.2) is 21.6 Å². The van der Waals surface area contributed by atoms with Gasteiger partial charge in [-0.05, 0) is 55.5 Å². The molecule has 25 heavy (non-hydrogen) atoms. The summed E-state index contributed by atoms with van der Waals surface area (Å²) in [5, 5.41) is 3.29. The monoisotopic (exact) mass is 353 g/mol. The van der Waals surface area contributed by atoms with Crippen LogP contribution < -0.4 is 10.9 Å². The van der Waals surface area contributed by atoms with Crippen molar-refractivity contribution in [1.82, 2.24) is 9.97 Å². The third-order valence-corrected chi connectivity index (χ3v) is 4.85. The number of fused-ring (bicyclic) bond motifs is 1. The van der Waals surface area contributed by atoms with Crippen LogP contribution in [0.25, 0.3) is 10.9 Å². The van der Waals surface area contributed by atoms with Gasteiger partial charge >= 0.3 is 0 Å². The molecule has 3 rings (SSSR count). The maximum absolute atomic E-state index is 12.5. The lowest BCUT2D eigenvalue weighted by atomic mass is 10.1. The van der Waals surface area contributed by atoms with E-state index in [1.165, 1.54) is 0 Å². The van der Waals surface area contributed by atoms with Gasteiger partial charge in [-0.25, -0.2) is 4.98 Å². The summed E-state index contributed by atoms with van der Waals surface area (Å²) < 4.78 is 0. The number of aryl methyl sites for hydroxylation is 1. The first-order valence-electron chi connectivity index (χ1n) is 8.11. The molecule has 0 radical (unpaired) electrons. The second kappa shape index (κ2) is 7.53. The van der Waals surface area contributed by atoms with Gasteiger partial charge in [0.2, 0.25) is 0 Å². The predicted octanol–water partition coefficient (Wildman–Crippen LogP) is 3.99. The van der Waals surface area contributed by atoms with Crippen molar-refractivity contribution in [1.29, 1.82) is 0 Å². The molecule has 2 aromatic carbocycles. The molecule has 5 nitrogen and oxygen atoms in total. The summed E-state index contributed by atoms with van der Waals surface area (Å²) in [5.41, 5.74) is 1.50. The first kappa shape index (κ1) is 17.2. The minimum absolute atomic E-state index is 0.241. The number of aromatic nitrogens is 2. The van der Waals surface area contributed by atoms with Crippen molar-refractivity contribution < 1.29 is 4.79 Å². The molecule has 2 N–H and O–H groups in total. The van der Waals surface area contributed by atoms with Gasteiger partial charge < -0.3 is 10.3 Å². The van der Waals surface area contributed by atoms with Gasteiger partial charge in [-0.2, -0.15) is 0 Å². The Balaban J connectivity index is 1.84. The second-order valence-electron chi connectivity index (χ2n) is 5.71. The van der Waals surface area contributed by atoms with Gasteiger partial charge in [0.25, 0.3) is 11.5 Å². The zero-order valence-corrected chi connectivity index (χ0v) is 14.9. The number of benzene rings is 2. The Morgan fingerprint density at radius 2 is 2.08 bits per heavy atom. The molecule has 0 aliphatic heterocycles. The minimum Gasteiger partial charge on any atom is -0.322 e. The number of nitrogens with one attached hydrogen (secondary N) is 2. The number of hydrogen-bond acceptors (Lipinski definition) is 4. The number of carbonyl (C=O) groups excluding carboxylic acids is 1. The molecule has 0 fully saturated rings. The summed E-state index contributed by atoms with van der Waals surface area (Å²) in [7, 11) is 0. The molecule has 0 aliphatic rings. The number of anilines is 1. The SMILES string of the molecule is CCCSc1cccc(NC(=O)c2ccc3nc(C)[nH]c(=O)c3c2)c1. The van der Waals surface area contributed by atoms with E-state index < -0.39 is 0 Å². The van der Waals surface area contributed by atoms with E-state index in [2.05, 4.69) is 22.2 Å². The van der Waals surface area contributed by atoms with E-state index in [0.29, 0.717) is 22.3 Å². The van der Waals surface area contributed by atoms with Crippen molar-refractivity contribution in [2.45, 2.75) is 25.2 Å². The van der Waals surface area contributed by atoms with Gasteiger partial charge in [-0.3, -0.25) is 9.59 Å². The summed E-state index contributed by atoms with van der Waals surface area (Å²) in [6, 6.07) is 12.7. The van der Waals surface area contributed by atoms with Crippen molar-refractivity contribution in [3.05, 3.63) is 64.2 Å². The molecule has 0 unspecified atom stereocenters. The lowest BCUT2D eigenvalue weighted by molar-refractivity contribution is 0.102. The zero-order chi connectivity index (χ0) is 17.8. The van der Waals surface area contributed by atoms with Crippen molar-refractivity contribution in [3.8, 4) is 0 Å². The van der Waals surface area contributed by atoms with E-state index in [1.54, 1.807) is 36.9 Å². The Bertz CT molecular complexity index is 982. The van der Waals surface area contributed by atoms with Gasteiger partial charge in [-0.1, -0.05) is 13.0 Å². The normalized spacial score (nSPS) is 10.8. The van der Waals surface area contributed by atoms with Crippen molar-refractivity contribution >= 4 is 34.3 Å². The van der Waals surface area contributed by atoms with Crippen LogP contribution in [0.2, 0.25) is 0 Å². The Morgan fingerprint density at radius 1 is 1.24 bits per heavy atom. The summed E-state index contributed by atoms with van der Waals surface area (Å²) in [5.74, 6) is 1.34. The number of nitrogens with zero attached hydrogens (tertiary/aromatic N) is 1. The molecule has 3 aromatic rings. The zero-order valence-electron chi connectivity index (χ0n) is 14.1. The average molecular weight is 353 g/mol. The topological polar surface area (TPSA) is 74.8 Å². The molecule has 128 valence electrons. The Morgan fingerprint density at radius 3 is 2.88 bits per heavy atom. The lowest BCUT2D eigenvalue weighted by Crippen LogP contribution is -2.14. The molecular formula is C19H19N3O2S. The Kier molecular flexibility index (Phi) is 5.19. The van der Waals surface area contributed by atoms with Crippen LogP contribution in [0.15, 0.2) is 52.2 Å². The average Bonchev–Trinajstić information content (AvgIpc) is 2.60. The number of thioether (sulfide) groups is 1. The van der Waals surface area contributed by atoms with Crippen LogP contribution in [0.1, 0.15) is 29.5 Å². The van der Waals surface area contributed by atoms with Gasteiger partial charge in [0.15, 0.2) is 0 Å². The van der Waals surface area contributed by atoms with Crippen LogP contribution >= 0.6 is 11.8 Å². The summed E-state index contributed by atoms with van der Waals surface area (Å²) in [6.45, 7) is 3.86. The molecular weight excluding hydrogens is 334 g/mol. The maximum Gasteiger partial charge on any atom is 0.258 e. The molecule has 0 saturated heterocycles. The van der Waals surface area contributed by atoms with Gasteiger partial charge in [-0.15, -0.1) is 11.8 Å². The second-order valence-corrected chi connectivity index (χ2v) is 6.88. The van der Waals surface area contributed by atoms with E-state index in [1.807, 2.05) is 24.3 Å². The lowest BCUT2D eigenvalue weighted by Gasteiger charge is -2.08. The molecule has 1 amide bonds. The fourth-order valence-electron chi connectivity index (χ4n) is 2.48. The standard InChI is InChI=1S/C19H19N3O2S/c1-3-9-25-15-6-4-5-14(11-15)22-18(23)13-7-8-17-16(10-13)19(24)21-12(2)20-17/h4-8,10-11H,3,9H2,1-2H3,(H,22,23)(H,20,21,24). The molecule has 0 bridgehead atoms. The van der Waals surface area contributed by atoms with E-state index >= 15 is 0 Å². The van der Waals surface area contributed by atoms with Gasteiger partial charge in [0.1, 0.15) is 5.82 Å². The summed E-state index contributed by atoms with van der Waals surface area (Å²) in [4.78, 5) is 32.6. The van der Waals surface area contributed by atoms with E-state index in [4.69, 9.17) is 0 Å². The number of carbonyl (C=O) groups is 1. The number of hydrogen-bond donors (Lipinski definition) is 2.